The summed E-state index contributed by atoms with van der Waals surface area (Å²) in [6.07, 6.45) is 3.07. The Morgan fingerprint density at radius 1 is 0.462 bits per heavy atom. The Morgan fingerprint density at radius 2 is 0.846 bits per heavy atom. The normalized spacial score (nSPS) is 26.9. The lowest BCUT2D eigenvalue weighted by Gasteiger charge is -2.41. The molecule has 0 radical (unpaired) electrons. The first-order valence-electron chi connectivity index (χ1n) is 32.0. The van der Waals surface area contributed by atoms with Crippen LogP contribution in [0.15, 0.2) is 12.2 Å². The molecule has 1 unspecified atom stereocenters. The summed E-state index contributed by atoms with van der Waals surface area (Å²) in [5.74, 6) is -11.4. The first-order valence-corrected chi connectivity index (χ1v) is 33.9. The lowest BCUT2D eigenvalue weighted by Crippen LogP contribution is -2.64. The van der Waals surface area contributed by atoms with Crippen molar-refractivity contribution in [2.75, 3.05) is 62.2 Å². The van der Waals surface area contributed by atoms with Crippen LogP contribution in [0.1, 0.15) is 156 Å². The van der Waals surface area contributed by atoms with Gasteiger partial charge in [-0.15, -0.1) is 0 Å². The van der Waals surface area contributed by atoms with Gasteiger partial charge < -0.3 is 60.7 Å². The third-order valence-corrected chi connectivity index (χ3v) is 17.4. The number of nitrogens with one attached hydrogen (secondary N) is 4. The molecular formula is C64H115N11O15S. The van der Waals surface area contributed by atoms with Gasteiger partial charge in [0.1, 0.15) is 66.5 Å². The van der Waals surface area contributed by atoms with E-state index in [-0.39, 0.29) is 62.2 Å². The van der Waals surface area contributed by atoms with Crippen molar-refractivity contribution in [3.8, 4) is 0 Å². The molecule has 13 atom stereocenters. The monoisotopic (exact) mass is 1310 g/mol. The first kappa shape index (κ1) is 82.8. The van der Waals surface area contributed by atoms with Crippen molar-refractivity contribution in [3.05, 3.63) is 12.2 Å². The Labute approximate surface area is 543 Å². The average Bonchev–Trinajstić information content (AvgIpc) is 1.33. The highest BCUT2D eigenvalue weighted by Crippen LogP contribution is 2.26. The standard InChI is InChI=1S/C64H115N11O15S/c1-26-28-29-41(15)53(76)52-57(80)67-44(27-2)59(82)73(22)49(34-90-91(25,88)89)62(85)69(18)46(31-36(5)6)56(79)68-50(39(11)12)63(86)70(19)45(30-35(3)4)55(78)65-42(16)54(77)66-43(17)58(81)71(20)47(32-37(7)8)60(83)72(21)48(33-38(9)10)61(84)74(23)51(40(13)14)64(87)75(52)24/h26,28,35-53,76H,27,29-34H2,1-25H3,(H,65,78)(H,66,77)(H,67,80)(H,68,79)/b28-26+/t41-,42+,43-,44+,45+,46+,47+,48+,49?,50+,51+,52+,53-/m1/s1. The molecule has 0 aromatic carbocycles. The fourth-order valence-electron chi connectivity index (χ4n) is 11.2. The summed E-state index contributed by atoms with van der Waals surface area (Å²) in [4.78, 5) is 170. The molecule has 1 heterocycles. The van der Waals surface area contributed by atoms with Crippen LogP contribution in [0.25, 0.3) is 0 Å². The van der Waals surface area contributed by atoms with Gasteiger partial charge in [-0.1, -0.05) is 109 Å². The zero-order chi connectivity index (χ0) is 70.8. The number of rotatable bonds is 18. The van der Waals surface area contributed by atoms with Gasteiger partial charge in [0.15, 0.2) is 0 Å². The van der Waals surface area contributed by atoms with Crippen molar-refractivity contribution in [3.63, 3.8) is 0 Å². The van der Waals surface area contributed by atoms with Gasteiger partial charge >= 0.3 is 0 Å². The quantitative estimate of drug-likeness (QED) is 0.0973. The highest BCUT2D eigenvalue weighted by Gasteiger charge is 2.46. The van der Waals surface area contributed by atoms with E-state index in [9.17, 15) is 47.1 Å². The number of amides is 11. The number of aliphatic hydroxyl groups excluding tert-OH is 1. The molecule has 0 aliphatic carbocycles. The Balaban J connectivity index is 4.54. The summed E-state index contributed by atoms with van der Waals surface area (Å²) in [5.41, 5.74) is 0. The molecular weight excluding hydrogens is 1190 g/mol. The predicted molar refractivity (Wildman–Crippen MR) is 348 cm³/mol. The number of carbonyl (C=O) groups is 11. The highest BCUT2D eigenvalue weighted by atomic mass is 32.2. The minimum absolute atomic E-state index is 0.0109. The molecule has 0 spiro atoms. The second-order valence-electron chi connectivity index (χ2n) is 27.3. The maximum absolute atomic E-state index is 15.3. The van der Waals surface area contributed by atoms with Crippen molar-refractivity contribution < 1.29 is 70.4 Å². The van der Waals surface area contributed by atoms with Gasteiger partial charge in [-0.05, 0) is 101 Å². The van der Waals surface area contributed by atoms with E-state index in [2.05, 4.69) is 21.3 Å². The number of likely N-dealkylation sites (N-methyl/N-ethyl adjacent to an activating group) is 7. The van der Waals surface area contributed by atoms with E-state index in [1.165, 1.54) is 82.8 Å². The zero-order valence-corrected chi connectivity index (χ0v) is 60.1. The predicted octanol–water partition coefficient (Wildman–Crippen LogP) is 2.61. The molecule has 0 aromatic rings. The molecule has 27 heteroatoms. The van der Waals surface area contributed by atoms with Crippen molar-refractivity contribution in [1.82, 2.24) is 55.6 Å². The van der Waals surface area contributed by atoms with E-state index >= 15 is 19.2 Å². The largest absolute Gasteiger partial charge is 0.390 e. The Bertz CT molecular complexity index is 2650. The van der Waals surface area contributed by atoms with Gasteiger partial charge in [-0.25, -0.2) is 0 Å². The number of hydrogen-bond donors (Lipinski definition) is 5. The van der Waals surface area contributed by atoms with Crippen LogP contribution in [0.5, 0.6) is 0 Å². The number of carbonyl (C=O) groups excluding carboxylic acids is 11. The number of allylic oxidation sites excluding steroid dienone is 2. The van der Waals surface area contributed by atoms with Crippen LogP contribution in [0.2, 0.25) is 0 Å². The molecule has 1 aliphatic rings. The fraction of sp³-hybridized carbons (Fsp3) is 0.797. The Kier molecular flexibility index (Phi) is 33.5. The highest BCUT2D eigenvalue weighted by molar-refractivity contribution is 7.86. The summed E-state index contributed by atoms with van der Waals surface area (Å²) in [6, 6.07) is -15.1. The molecule has 1 rings (SSSR count). The smallest absolute Gasteiger partial charge is 0.264 e. The van der Waals surface area contributed by atoms with Gasteiger partial charge in [0.25, 0.3) is 10.1 Å². The maximum atomic E-state index is 15.3. The second kappa shape index (κ2) is 36.9. The minimum atomic E-state index is -4.30. The van der Waals surface area contributed by atoms with Gasteiger partial charge in [0, 0.05) is 49.3 Å². The summed E-state index contributed by atoms with van der Waals surface area (Å²) in [6.45, 7) is 28.2. The molecule has 0 bridgehead atoms. The van der Waals surface area contributed by atoms with Crippen LogP contribution in [0, 0.1) is 41.4 Å². The Hall–Kier alpha value is -6.22. The van der Waals surface area contributed by atoms with Crippen molar-refractivity contribution in [2.24, 2.45) is 41.4 Å². The fourth-order valence-corrected chi connectivity index (χ4v) is 11.6. The van der Waals surface area contributed by atoms with Crippen LogP contribution in [0.4, 0.5) is 0 Å². The molecule has 26 nitrogen and oxygen atoms in total. The topological polar surface area (TPSA) is 322 Å². The van der Waals surface area contributed by atoms with E-state index in [1.807, 2.05) is 41.5 Å². The molecule has 1 saturated heterocycles. The van der Waals surface area contributed by atoms with Crippen LogP contribution < -0.4 is 21.3 Å². The van der Waals surface area contributed by atoms with Crippen molar-refractivity contribution >= 4 is 75.1 Å². The van der Waals surface area contributed by atoms with Gasteiger partial charge in [0.05, 0.1) is 19.0 Å². The molecule has 1 fully saturated rings. The lowest BCUT2D eigenvalue weighted by molar-refractivity contribution is -0.157. The number of aliphatic hydroxyl groups is 1. The third kappa shape index (κ3) is 23.7. The molecule has 91 heavy (non-hydrogen) atoms. The van der Waals surface area contributed by atoms with E-state index < -0.39 is 172 Å². The number of nitrogens with zero attached hydrogens (tertiary/aromatic N) is 7. The van der Waals surface area contributed by atoms with Crippen LogP contribution in [0.3, 0.4) is 0 Å². The van der Waals surface area contributed by atoms with Gasteiger partial charge in [0.2, 0.25) is 65.0 Å². The van der Waals surface area contributed by atoms with E-state index in [0.717, 1.165) is 21.0 Å². The molecule has 5 N–H and O–H groups in total. The summed E-state index contributed by atoms with van der Waals surface area (Å²) in [7, 11) is 5.10. The average molecular weight is 1310 g/mol. The molecule has 522 valence electrons. The zero-order valence-electron chi connectivity index (χ0n) is 59.3. The molecule has 1 aliphatic heterocycles. The van der Waals surface area contributed by atoms with Gasteiger partial charge in [-0.2, -0.15) is 8.42 Å². The van der Waals surface area contributed by atoms with E-state index in [0.29, 0.717) is 0 Å². The second-order valence-corrected chi connectivity index (χ2v) is 28.9. The minimum Gasteiger partial charge on any atom is -0.390 e. The summed E-state index contributed by atoms with van der Waals surface area (Å²) < 4.78 is 30.4. The van der Waals surface area contributed by atoms with Crippen LogP contribution >= 0.6 is 0 Å². The first-order chi connectivity index (χ1) is 41.8. The van der Waals surface area contributed by atoms with E-state index in [4.69, 9.17) is 4.18 Å². The summed E-state index contributed by atoms with van der Waals surface area (Å²) in [5, 5.41) is 23.0. The molecule has 0 saturated carbocycles. The molecule has 0 aromatic heterocycles. The van der Waals surface area contributed by atoms with Crippen LogP contribution in [-0.2, 0) is 67.0 Å². The summed E-state index contributed by atoms with van der Waals surface area (Å²) >= 11 is 0. The number of hydrogen-bond acceptors (Lipinski definition) is 15. The molecule has 11 amide bonds. The maximum Gasteiger partial charge on any atom is 0.264 e. The van der Waals surface area contributed by atoms with E-state index in [1.54, 1.807) is 74.5 Å². The van der Waals surface area contributed by atoms with Crippen LogP contribution in [-0.4, -0.2) is 248 Å². The SMILES string of the molecule is C/C=C/C[C@@H](C)[C@@H](O)[C@H]1C(=O)N[C@@H](CC)C(=O)N(C)C(COS(C)(=O)=O)C(=O)N(C)[C@@H](CC(C)C)C(=O)N[C@@H](C(C)C)C(=O)N(C)[C@@H](CC(C)C)C(=O)N[C@@H](C)C(=O)N[C@H](C)C(=O)N(C)[C@@H](CC(C)C)C(=O)N(C)[C@@H](CC(C)C)C(=O)N(C)[C@@H](C(C)C)C(=O)N1C. The van der Waals surface area contributed by atoms with Crippen molar-refractivity contribution in [1.29, 1.82) is 0 Å². The third-order valence-electron chi connectivity index (χ3n) is 16.8. The van der Waals surface area contributed by atoms with Crippen molar-refractivity contribution in [2.45, 2.75) is 229 Å². The lowest BCUT2D eigenvalue weighted by atomic mass is 9.91. The van der Waals surface area contributed by atoms with Gasteiger partial charge in [-0.3, -0.25) is 56.9 Å². The Morgan fingerprint density at radius 3 is 1.27 bits per heavy atom.